The molecule has 4 rings (SSSR count). The number of nitrogens with one attached hydrogen (secondary N) is 1. The van der Waals surface area contributed by atoms with Crippen LogP contribution in [0.2, 0.25) is 0 Å². The first-order chi connectivity index (χ1) is 14.2. The summed E-state index contributed by atoms with van der Waals surface area (Å²) in [5, 5.41) is 3.14. The number of morpholine rings is 1. The second-order valence-corrected chi connectivity index (χ2v) is 7.66. The lowest BCUT2D eigenvalue weighted by atomic mass is 10.1. The number of carbonyl (C=O) groups excluding carboxylic acids is 1. The van der Waals surface area contributed by atoms with Crippen molar-refractivity contribution in [1.82, 2.24) is 9.80 Å². The summed E-state index contributed by atoms with van der Waals surface area (Å²) in [6, 6.07) is 19.0. The number of ether oxygens (including phenoxy) is 1. The summed E-state index contributed by atoms with van der Waals surface area (Å²) in [6.07, 6.45) is 0. The number of benzene rings is 2. The molecule has 6 heteroatoms. The zero-order chi connectivity index (χ0) is 20.1. The molecule has 0 bridgehead atoms. The molecule has 0 saturated carbocycles. The lowest BCUT2D eigenvalue weighted by Gasteiger charge is -2.38. The molecule has 0 radical (unpaired) electrons. The molecule has 2 aromatic carbocycles. The average molecular weight is 395 g/mol. The molecule has 29 heavy (non-hydrogen) atoms. The van der Waals surface area contributed by atoms with E-state index >= 15 is 0 Å². The maximum Gasteiger partial charge on any atom is 0.321 e. The van der Waals surface area contributed by atoms with Crippen LogP contribution in [0.25, 0.3) is 0 Å². The Morgan fingerprint density at radius 2 is 1.55 bits per heavy atom. The first-order valence-corrected chi connectivity index (χ1v) is 10.5. The number of hydrogen-bond donors (Lipinski definition) is 1. The monoisotopic (exact) mass is 394 g/mol. The predicted octanol–water partition coefficient (Wildman–Crippen LogP) is 3.43. The summed E-state index contributed by atoms with van der Waals surface area (Å²) < 4.78 is 5.46. The molecular weight excluding hydrogens is 364 g/mol. The molecule has 1 N–H and O–H groups in total. The third kappa shape index (κ3) is 4.71. The van der Waals surface area contributed by atoms with Gasteiger partial charge in [0.25, 0.3) is 0 Å². The van der Waals surface area contributed by atoms with Gasteiger partial charge in [0.1, 0.15) is 0 Å². The fourth-order valence-electron chi connectivity index (χ4n) is 4.11. The molecular formula is C23H30N4O2. The van der Waals surface area contributed by atoms with Gasteiger partial charge < -0.3 is 19.9 Å². The van der Waals surface area contributed by atoms with Gasteiger partial charge in [-0.05, 0) is 24.6 Å². The Bertz CT molecular complexity index is 800. The van der Waals surface area contributed by atoms with E-state index in [0.717, 1.165) is 63.9 Å². The van der Waals surface area contributed by atoms with Crippen molar-refractivity contribution in [2.45, 2.75) is 13.0 Å². The van der Waals surface area contributed by atoms with Crippen LogP contribution < -0.4 is 10.2 Å². The van der Waals surface area contributed by atoms with Gasteiger partial charge in [0.2, 0.25) is 0 Å². The second-order valence-electron chi connectivity index (χ2n) is 7.66. The van der Waals surface area contributed by atoms with Gasteiger partial charge in [0.15, 0.2) is 0 Å². The fraction of sp³-hybridized carbons (Fsp3) is 0.435. The van der Waals surface area contributed by atoms with Crippen LogP contribution in [-0.2, 0) is 4.74 Å². The highest BCUT2D eigenvalue weighted by molar-refractivity contribution is 5.93. The van der Waals surface area contributed by atoms with Crippen molar-refractivity contribution in [2.75, 3.05) is 62.7 Å². The number of urea groups is 1. The second kappa shape index (κ2) is 9.29. The van der Waals surface area contributed by atoms with E-state index in [1.54, 1.807) is 0 Å². The zero-order valence-electron chi connectivity index (χ0n) is 17.1. The molecule has 2 saturated heterocycles. The van der Waals surface area contributed by atoms with Crippen LogP contribution in [0, 0.1) is 0 Å². The van der Waals surface area contributed by atoms with Crippen LogP contribution in [0.3, 0.4) is 0 Å². The normalized spacial score (nSPS) is 19.1. The molecule has 2 heterocycles. The minimum absolute atomic E-state index is 0.0160. The topological polar surface area (TPSA) is 48.0 Å². The lowest BCUT2D eigenvalue weighted by Crippen LogP contribution is -2.50. The molecule has 0 aromatic heterocycles. The predicted molar refractivity (Wildman–Crippen MR) is 116 cm³/mol. The first-order valence-electron chi connectivity index (χ1n) is 10.5. The van der Waals surface area contributed by atoms with Gasteiger partial charge in [-0.15, -0.1) is 0 Å². The largest absolute Gasteiger partial charge is 0.378 e. The number of anilines is 2. The molecule has 2 aromatic rings. The molecule has 2 aliphatic heterocycles. The van der Waals surface area contributed by atoms with Crippen molar-refractivity contribution in [2.24, 2.45) is 0 Å². The zero-order valence-corrected chi connectivity index (χ0v) is 17.1. The highest BCUT2D eigenvalue weighted by atomic mass is 16.5. The number of nitrogens with zero attached hydrogens (tertiary/aromatic N) is 3. The van der Waals surface area contributed by atoms with Crippen molar-refractivity contribution in [3.8, 4) is 0 Å². The third-order valence-electron chi connectivity index (χ3n) is 5.93. The Kier molecular flexibility index (Phi) is 6.32. The van der Waals surface area contributed by atoms with Gasteiger partial charge in [-0.25, -0.2) is 4.79 Å². The summed E-state index contributed by atoms with van der Waals surface area (Å²) in [5.74, 6) is 0. The maximum absolute atomic E-state index is 12.9. The van der Waals surface area contributed by atoms with Crippen LogP contribution in [-0.4, -0.2) is 68.3 Å². The van der Waals surface area contributed by atoms with Gasteiger partial charge in [0, 0.05) is 45.3 Å². The van der Waals surface area contributed by atoms with Crippen molar-refractivity contribution >= 4 is 17.4 Å². The maximum atomic E-state index is 12.9. The highest BCUT2D eigenvalue weighted by Crippen LogP contribution is 2.27. The minimum atomic E-state index is -0.0160. The lowest BCUT2D eigenvalue weighted by molar-refractivity contribution is 0.119. The number of amides is 2. The average Bonchev–Trinajstić information content (AvgIpc) is 2.80. The Hall–Kier alpha value is -2.57. The van der Waals surface area contributed by atoms with E-state index in [1.807, 2.05) is 29.2 Å². The highest BCUT2D eigenvalue weighted by Gasteiger charge is 2.25. The van der Waals surface area contributed by atoms with Crippen molar-refractivity contribution in [1.29, 1.82) is 0 Å². The summed E-state index contributed by atoms with van der Waals surface area (Å²) in [5.41, 5.74) is 3.27. The van der Waals surface area contributed by atoms with Gasteiger partial charge in [-0.3, -0.25) is 4.90 Å². The van der Waals surface area contributed by atoms with E-state index in [0.29, 0.717) is 6.04 Å². The molecule has 1 unspecified atom stereocenters. The van der Waals surface area contributed by atoms with Crippen LogP contribution in [0.15, 0.2) is 54.6 Å². The molecule has 0 spiro atoms. The first kappa shape index (κ1) is 19.7. The molecule has 2 aliphatic rings. The summed E-state index contributed by atoms with van der Waals surface area (Å²) in [4.78, 5) is 19.5. The van der Waals surface area contributed by atoms with Crippen LogP contribution in [0.4, 0.5) is 16.2 Å². The van der Waals surface area contributed by atoms with E-state index in [-0.39, 0.29) is 6.03 Å². The van der Waals surface area contributed by atoms with E-state index < -0.39 is 0 Å². The third-order valence-corrected chi connectivity index (χ3v) is 5.93. The number of carbonyl (C=O) groups is 1. The van der Waals surface area contributed by atoms with E-state index in [1.165, 1.54) is 5.56 Å². The van der Waals surface area contributed by atoms with Crippen LogP contribution in [0.5, 0.6) is 0 Å². The standard InChI is InChI=1S/C23H30N4O2/c1-19(20-7-3-2-4-8-20)25-11-13-27(14-12-25)23(28)24-21-9-5-6-10-22(21)26-15-17-29-18-16-26/h2-10,19H,11-18H2,1H3,(H,24,28). The Labute approximate surface area is 173 Å². The van der Waals surface area contributed by atoms with E-state index in [4.69, 9.17) is 4.74 Å². The minimum Gasteiger partial charge on any atom is -0.378 e. The molecule has 0 aliphatic carbocycles. The molecule has 2 amide bonds. The van der Waals surface area contributed by atoms with Gasteiger partial charge in [0.05, 0.1) is 24.6 Å². The quantitative estimate of drug-likeness (QED) is 0.863. The Morgan fingerprint density at radius 3 is 2.28 bits per heavy atom. The van der Waals surface area contributed by atoms with Gasteiger partial charge in [-0.2, -0.15) is 0 Å². The van der Waals surface area contributed by atoms with E-state index in [2.05, 4.69) is 52.4 Å². The van der Waals surface area contributed by atoms with Crippen molar-refractivity contribution in [3.63, 3.8) is 0 Å². The van der Waals surface area contributed by atoms with E-state index in [9.17, 15) is 4.79 Å². The number of piperazine rings is 1. The molecule has 6 nitrogen and oxygen atoms in total. The smallest absolute Gasteiger partial charge is 0.321 e. The van der Waals surface area contributed by atoms with Crippen LogP contribution in [0.1, 0.15) is 18.5 Å². The fourth-order valence-corrected chi connectivity index (χ4v) is 4.11. The van der Waals surface area contributed by atoms with Gasteiger partial charge in [-0.1, -0.05) is 42.5 Å². The Morgan fingerprint density at radius 1 is 0.897 bits per heavy atom. The molecule has 1 atom stereocenters. The molecule has 2 fully saturated rings. The van der Waals surface area contributed by atoms with Gasteiger partial charge >= 0.3 is 6.03 Å². The van der Waals surface area contributed by atoms with Crippen LogP contribution >= 0.6 is 0 Å². The summed E-state index contributed by atoms with van der Waals surface area (Å²) in [7, 11) is 0. The number of para-hydroxylation sites is 2. The summed E-state index contributed by atoms with van der Waals surface area (Å²) >= 11 is 0. The number of hydrogen-bond acceptors (Lipinski definition) is 4. The SMILES string of the molecule is CC(c1ccccc1)N1CCN(C(=O)Nc2ccccc2N2CCOCC2)CC1. The van der Waals surface area contributed by atoms with Crippen molar-refractivity contribution in [3.05, 3.63) is 60.2 Å². The molecule has 154 valence electrons. The van der Waals surface area contributed by atoms with Crippen molar-refractivity contribution < 1.29 is 9.53 Å². The Balaban J connectivity index is 1.35. The number of rotatable bonds is 4. The summed E-state index contributed by atoms with van der Waals surface area (Å²) in [6.45, 7) is 8.64.